The zero-order valence-corrected chi connectivity index (χ0v) is 12.6. The monoisotopic (exact) mass is 279 g/mol. The normalized spacial score (nSPS) is 10.8. The maximum absolute atomic E-state index is 11.7. The summed E-state index contributed by atoms with van der Waals surface area (Å²) in [6.07, 6.45) is 0. The Hall–Kier alpha value is -2.04. The average Bonchev–Trinajstić information content (AvgIpc) is 2.45. The number of ether oxygens (including phenoxy) is 2. The largest absolute Gasteiger partial charge is 0.469 e. The Bertz CT molecular complexity index is 479. The molecule has 0 aliphatic heterocycles. The van der Waals surface area contributed by atoms with Crippen LogP contribution in [0.3, 0.4) is 0 Å². The summed E-state index contributed by atoms with van der Waals surface area (Å²) in [5.74, 6) is -0.621. The quantitative estimate of drug-likeness (QED) is 0.773. The van der Waals surface area contributed by atoms with Crippen molar-refractivity contribution in [3.05, 3.63) is 29.8 Å². The number of hydrogen-bond donors (Lipinski definition) is 0. The van der Waals surface area contributed by atoms with Gasteiger partial charge in [-0.05, 0) is 38.1 Å². The van der Waals surface area contributed by atoms with Gasteiger partial charge < -0.3 is 14.4 Å². The Labute approximate surface area is 119 Å². The molecule has 0 fully saturated rings. The fourth-order valence-electron chi connectivity index (χ4n) is 1.99. The van der Waals surface area contributed by atoms with Crippen LogP contribution in [-0.2, 0) is 14.3 Å². The maximum Gasteiger partial charge on any atom is 0.337 e. The fourth-order valence-corrected chi connectivity index (χ4v) is 1.99. The summed E-state index contributed by atoms with van der Waals surface area (Å²) < 4.78 is 9.44. The van der Waals surface area contributed by atoms with Gasteiger partial charge in [0, 0.05) is 19.3 Å². The van der Waals surface area contributed by atoms with Crippen LogP contribution in [0.15, 0.2) is 24.3 Å². The number of carbonyl (C=O) groups excluding carboxylic acids is 2. The van der Waals surface area contributed by atoms with Crippen LogP contribution in [0.2, 0.25) is 0 Å². The lowest BCUT2D eigenvalue weighted by Gasteiger charge is -2.29. The van der Waals surface area contributed by atoms with E-state index in [0.29, 0.717) is 12.1 Å². The molecular weight excluding hydrogens is 258 g/mol. The van der Waals surface area contributed by atoms with Crippen LogP contribution in [0.1, 0.15) is 24.2 Å². The van der Waals surface area contributed by atoms with Crippen LogP contribution in [-0.4, -0.2) is 39.8 Å². The molecule has 5 nitrogen and oxygen atoms in total. The highest BCUT2D eigenvalue weighted by atomic mass is 16.5. The Morgan fingerprint density at radius 1 is 1.10 bits per heavy atom. The molecule has 0 unspecified atom stereocenters. The van der Waals surface area contributed by atoms with Crippen molar-refractivity contribution in [3.63, 3.8) is 0 Å². The van der Waals surface area contributed by atoms with Crippen molar-refractivity contribution in [2.75, 3.05) is 32.7 Å². The lowest BCUT2D eigenvalue weighted by atomic mass is 9.93. The van der Waals surface area contributed by atoms with Crippen molar-refractivity contribution in [1.29, 1.82) is 0 Å². The van der Waals surface area contributed by atoms with Crippen molar-refractivity contribution in [2.45, 2.75) is 13.8 Å². The minimum absolute atomic E-state index is 0.254. The van der Waals surface area contributed by atoms with E-state index in [9.17, 15) is 9.59 Å². The molecule has 1 aromatic carbocycles. The number of carbonyl (C=O) groups is 2. The van der Waals surface area contributed by atoms with Gasteiger partial charge in [0.05, 0.1) is 25.2 Å². The van der Waals surface area contributed by atoms with Gasteiger partial charge in [0.1, 0.15) is 0 Å². The highest BCUT2D eigenvalue weighted by Gasteiger charge is 2.30. The van der Waals surface area contributed by atoms with Gasteiger partial charge in [-0.2, -0.15) is 0 Å². The molecule has 0 saturated heterocycles. The number of nitrogens with zero attached hydrogens (tertiary/aromatic N) is 1. The van der Waals surface area contributed by atoms with Gasteiger partial charge in [0.25, 0.3) is 0 Å². The molecule has 110 valence electrons. The predicted octanol–water partition coefficient (Wildman–Crippen LogP) is 2.11. The van der Waals surface area contributed by atoms with Gasteiger partial charge >= 0.3 is 11.9 Å². The van der Waals surface area contributed by atoms with E-state index in [4.69, 9.17) is 4.74 Å². The number of methoxy groups -OCH3 is 2. The second-order valence-corrected chi connectivity index (χ2v) is 5.27. The zero-order chi connectivity index (χ0) is 15.3. The van der Waals surface area contributed by atoms with E-state index < -0.39 is 5.41 Å². The van der Waals surface area contributed by atoms with Crippen LogP contribution in [0, 0.1) is 5.41 Å². The first-order chi connectivity index (χ1) is 9.31. The molecule has 1 rings (SSSR count). The van der Waals surface area contributed by atoms with Crippen LogP contribution in [0.4, 0.5) is 5.69 Å². The molecule has 0 atom stereocenters. The van der Waals surface area contributed by atoms with Gasteiger partial charge in [-0.3, -0.25) is 4.79 Å². The molecule has 0 radical (unpaired) electrons. The molecule has 1 aromatic rings. The Morgan fingerprint density at radius 2 is 1.65 bits per heavy atom. The molecule has 20 heavy (non-hydrogen) atoms. The van der Waals surface area contributed by atoms with Gasteiger partial charge in [0.2, 0.25) is 0 Å². The number of benzene rings is 1. The molecule has 0 aliphatic carbocycles. The molecule has 0 amide bonds. The smallest absolute Gasteiger partial charge is 0.337 e. The van der Waals surface area contributed by atoms with Crippen molar-refractivity contribution in [1.82, 2.24) is 0 Å². The number of anilines is 1. The first-order valence-corrected chi connectivity index (χ1v) is 6.29. The third-order valence-electron chi connectivity index (χ3n) is 3.10. The first-order valence-electron chi connectivity index (χ1n) is 6.29. The highest BCUT2D eigenvalue weighted by molar-refractivity contribution is 5.89. The zero-order valence-electron chi connectivity index (χ0n) is 12.6. The summed E-state index contributed by atoms with van der Waals surface area (Å²) in [6, 6.07) is 7.03. The van der Waals surface area contributed by atoms with Gasteiger partial charge in [-0.15, -0.1) is 0 Å². The molecule has 0 saturated carbocycles. The standard InChI is InChI=1S/C15H21NO4/c1-15(2,14(18)20-5)10-16(3)12-8-6-11(7-9-12)13(17)19-4/h6-9H,10H2,1-5H3. The van der Waals surface area contributed by atoms with E-state index >= 15 is 0 Å². The SMILES string of the molecule is COC(=O)c1ccc(N(C)CC(C)(C)C(=O)OC)cc1. The molecule has 5 heteroatoms. The topological polar surface area (TPSA) is 55.8 Å². The second-order valence-electron chi connectivity index (χ2n) is 5.27. The Morgan fingerprint density at radius 3 is 2.10 bits per heavy atom. The summed E-state index contributed by atoms with van der Waals surface area (Å²) in [6.45, 7) is 4.17. The number of esters is 2. The minimum Gasteiger partial charge on any atom is -0.469 e. The maximum atomic E-state index is 11.7. The van der Waals surface area contributed by atoms with Crippen LogP contribution in [0.5, 0.6) is 0 Å². The summed E-state index contributed by atoms with van der Waals surface area (Å²) >= 11 is 0. The lowest BCUT2D eigenvalue weighted by molar-refractivity contribution is -0.150. The van der Waals surface area contributed by atoms with Gasteiger partial charge in [0.15, 0.2) is 0 Å². The first kappa shape index (κ1) is 16.0. The molecule has 0 N–H and O–H groups in total. The number of hydrogen-bond acceptors (Lipinski definition) is 5. The summed E-state index contributed by atoms with van der Waals surface area (Å²) in [5.41, 5.74) is 0.802. The number of rotatable bonds is 5. The van der Waals surface area contributed by atoms with Crippen LogP contribution < -0.4 is 4.90 Å². The van der Waals surface area contributed by atoms with Crippen molar-refractivity contribution < 1.29 is 19.1 Å². The van der Waals surface area contributed by atoms with Gasteiger partial charge in [-0.25, -0.2) is 4.79 Å². The van der Waals surface area contributed by atoms with Crippen molar-refractivity contribution in [3.8, 4) is 0 Å². The summed E-state index contributed by atoms with van der Waals surface area (Å²) in [4.78, 5) is 25.0. The summed E-state index contributed by atoms with van der Waals surface area (Å²) in [5, 5.41) is 0. The molecule has 0 bridgehead atoms. The highest BCUT2D eigenvalue weighted by Crippen LogP contribution is 2.22. The second kappa shape index (κ2) is 6.41. The molecule has 0 aromatic heterocycles. The van der Waals surface area contributed by atoms with Crippen LogP contribution in [0.25, 0.3) is 0 Å². The van der Waals surface area contributed by atoms with E-state index in [1.807, 2.05) is 37.9 Å². The molecule has 0 aliphatic rings. The Balaban J connectivity index is 2.80. The van der Waals surface area contributed by atoms with Crippen molar-refractivity contribution >= 4 is 17.6 Å². The third kappa shape index (κ3) is 3.73. The van der Waals surface area contributed by atoms with E-state index in [1.165, 1.54) is 14.2 Å². The minimum atomic E-state index is -0.607. The van der Waals surface area contributed by atoms with Gasteiger partial charge in [-0.1, -0.05) is 0 Å². The molecule has 0 spiro atoms. The predicted molar refractivity (Wildman–Crippen MR) is 76.8 cm³/mol. The van der Waals surface area contributed by atoms with E-state index in [1.54, 1.807) is 12.1 Å². The van der Waals surface area contributed by atoms with Crippen molar-refractivity contribution in [2.24, 2.45) is 5.41 Å². The third-order valence-corrected chi connectivity index (χ3v) is 3.10. The fraction of sp³-hybridized carbons (Fsp3) is 0.467. The van der Waals surface area contributed by atoms with Crippen LogP contribution >= 0.6 is 0 Å². The molecular formula is C15H21NO4. The van der Waals surface area contributed by atoms with E-state index in [2.05, 4.69) is 4.74 Å². The lowest BCUT2D eigenvalue weighted by Crippen LogP contribution is -2.38. The van der Waals surface area contributed by atoms with E-state index in [0.717, 1.165) is 5.69 Å². The Kier molecular flexibility index (Phi) is 5.13. The average molecular weight is 279 g/mol. The summed E-state index contributed by atoms with van der Waals surface area (Å²) in [7, 11) is 4.62. The van der Waals surface area contributed by atoms with E-state index in [-0.39, 0.29) is 11.9 Å². The molecule has 0 heterocycles.